The largest absolute Gasteiger partial charge is 0.355 e. The number of hydrogen-bond donors (Lipinski definition) is 1. The van der Waals surface area contributed by atoms with Crippen LogP contribution >= 0.6 is 11.3 Å². The smallest absolute Gasteiger partial charge is 0.252 e. The second-order valence-electron chi connectivity index (χ2n) is 7.98. The number of aryl methyl sites for hydroxylation is 1. The quantitative estimate of drug-likeness (QED) is 0.693. The molecule has 3 rings (SSSR count). The second kappa shape index (κ2) is 10.2. The number of piperidine rings is 1. The van der Waals surface area contributed by atoms with E-state index in [1.54, 1.807) is 6.07 Å². The Hall–Kier alpha value is -1.49. The molecule has 2 amide bonds. The van der Waals surface area contributed by atoms with Gasteiger partial charge in [-0.05, 0) is 45.2 Å². The number of nitrogens with zero attached hydrogens (tertiary/aromatic N) is 3. The average Bonchev–Trinajstić information content (AvgIpc) is 3.04. The van der Waals surface area contributed by atoms with Crippen molar-refractivity contribution in [2.24, 2.45) is 5.92 Å². The molecule has 2 fully saturated rings. The van der Waals surface area contributed by atoms with Crippen molar-refractivity contribution in [3.8, 4) is 0 Å². The van der Waals surface area contributed by atoms with Gasteiger partial charge in [0, 0.05) is 50.7 Å². The van der Waals surface area contributed by atoms with Crippen LogP contribution < -0.4 is 5.32 Å². The number of carbonyl (C=O) groups is 2. The van der Waals surface area contributed by atoms with E-state index in [9.17, 15) is 18.0 Å². The Bertz CT molecular complexity index is 855. The molecule has 0 aliphatic carbocycles. The molecular formula is C20H32N4O4S2. The van der Waals surface area contributed by atoms with Crippen LogP contribution in [0.2, 0.25) is 0 Å². The summed E-state index contributed by atoms with van der Waals surface area (Å²) in [6.45, 7) is 8.13. The molecule has 1 aromatic rings. The number of carbonyl (C=O) groups excluding carboxylic acids is 2. The molecule has 1 unspecified atom stereocenters. The Kier molecular flexibility index (Phi) is 7.89. The molecule has 8 nitrogen and oxygen atoms in total. The molecule has 2 saturated heterocycles. The van der Waals surface area contributed by atoms with E-state index >= 15 is 0 Å². The number of thiophene rings is 1. The summed E-state index contributed by atoms with van der Waals surface area (Å²) in [4.78, 5) is 29.9. The first-order valence-corrected chi connectivity index (χ1v) is 12.9. The van der Waals surface area contributed by atoms with E-state index < -0.39 is 10.0 Å². The van der Waals surface area contributed by atoms with E-state index in [1.165, 1.54) is 15.6 Å². The van der Waals surface area contributed by atoms with Crippen molar-refractivity contribution in [3.63, 3.8) is 0 Å². The highest BCUT2D eigenvalue weighted by Crippen LogP contribution is 2.29. The zero-order valence-electron chi connectivity index (χ0n) is 17.8. The number of sulfonamides is 1. The highest BCUT2D eigenvalue weighted by molar-refractivity contribution is 7.91. The fourth-order valence-corrected chi connectivity index (χ4v) is 7.07. The molecule has 2 aliphatic heterocycles. The summed E-state index contributed by atoms with van der Waals surface area (Å²) < 4.78 is 27.8. The van der Waals surface area contributed by atoms with Gasteiger partial charge >= 0.3 is 0 Å². The molecule has 0 radical (unpaired) electrons. The van der Waals surface area contributed by atoms with Crippen LogP contribution in [0.5, 0.6) is 0 Å². The highest BCUT2D eigenvalue weighted by Gasteiger charge is 2.36. The number of rotatable bonds is 6. The van der Waals surface area contributed by atoms with Gasteiger partial charge in [0.25, 0.3) is 10.0 Å². The van der Waals surface area contributed by atoms with E-state index in [1.807, 2.05) is 24.8 Å². The fraction of sp³-hybridized carbons (Fsp3) is 0.700. The van der Waals surface area contributed by atoms with Crippen LogP contribution in [0.1, 0.15) is 31.1 Å². The molecule has 0 spiro atoms. The second-order valence-corrected chi connectivity index (χ2v) is 11.4. The van der Waals surface area contributed by atoms with Gasteiger partial charge in [-0.2, -0.15) is 4.31 Å². The molecule has 1 N–H and O–H groups in total. The monoisotopic (exact) mass is 456 g/mol. The van der Waals surface area contributed by atoms with Gasteiger partial charge in [-0.25, -0.2) is 8.42 Å². The van der Waals surface area contributed by atoms with Gasteiger partial charge in [0.2, 0.25) is 11.8 Å². The Morgan fingerprint density at radius 3 is 2.63 bits per heavy atom. The lowest BCUT2D eigenvalue weighted by Gasteiger charge is -2.33. The van der Waals surface area contributed by atoms with Crippen LogP contribution in [-0.2, 0) is 19.6 Å². The molecule has 0 saturated carbocycles. The molecule has 0 aromatic carbocycles. The third kappa shape index (κ3) is 5.60. The Morgan fingerprint density at radius 2 is 1.93 bits per heavy atom. The standard InChI is InChI=1S/C20H32N4O4S2/c1-3-21-18(25)15-22-9-5-10-23(13-12-22)20(26)17-6-4-11-24(14-17)30(27,28)19-8-7-16(2)29-19/h7-8,17H,3-6,9-15H2,1-2H3,(H,21,25). The minimum absolute atomic E-state index is 0.00854. The first kappa shape index (κ1) is 23.2. The van der Waals surface area contributed by atoms with Crippen molar-refractivity contribution in [1.82, 2.24) is 19.4 Å². The molecule has 30 heavy (non-hydrogen) atoms. The fourth-order valence-electron chi connectivity index (χ4n) is 4.10. The van der Waals surface area contributed by atoms with E-state index in [-0.39, 0.29) is 24.3 Å². The van der Waals surface area contributed by atoms with Gasteiger partial charge in [0.15, 0.2) is 0 Å². The lowest BCUT2D eigenvalue weighted by molar-refractivity contribution is -0.136. The topological polar surface area (TPSA) is 90.0 Å². The van der Waals surface area contributed by atoms with Gasteiger partial charge in [-0.15, -0.1) is 11.3 Å². The Morgan fingerprint density at radius 1 is 1.13 bits per heavy atom. The van der Waals surface area contributed by atoms with E-state index in [4.69, 9.17) is 0 Å². The maximum atomic E-state index is 13.2. The maximum Gasteiger partial charge on any atom is 0.252 e. The molecular weight excluding hydrogens is 424 g/mol. The summed E-state index contributed by atoms with van der Waals surface area (Å²) in [5.74, 6) is -0.254. The van der Waals surface area contributed by atoms with Gasteiger partial charge in [-0.1, -0.05) is 0 Å². The summed E-state index contributed by atoms with van der Waals surface area (Å²) in [5.41, 5.74) is 0. The van der Waals surface area contributed by atoms with E-state index in [0.29, 0.717) is 56.3 Å². The van der Waals surface area contributed by atoms with E-state index in [0.717, 1.165) is 17.8 Å². The van der Waals surface area contributed by atoms with Crippen LogP contribution in [0.3, 0.4) is 0 Å². The predicted molar refractivity (Wildman–Crippen MR) is 117 cm³/mol. The first-order chi connectivity index (χ1) is 14.3. The Labute approximate surface area is 183 Å². The number of hydrogen-bond acceptors (Lipinski definition) is 6. The molecule has 1 aromatic heterocycles. The number of likely N-dealkylation sites (N-methyl/N-ethyl adjacent to an activating group) is 1. The molecule has 10 heteroatoms. The van der Waals surface area contributed by atoms with Crippen LogP contribution in [0.15, 0.2) is 16.3 Å². The van der Waals surface area contributed by atoms with Crippen molar-refractivity contribution in [1.29, 1.82) is 0 Å². The molecule has 3 heterocycles. The molecule has 2 aliphatic rings. The zero-order valence-corrected chi connectivity index (χ0v) is 19.4. The van der Waals surface area contributed by atoms with Gasteiger partial charge in [0.1, 0.15) is 4.21 Å². The predicted octanol–water partition coefficient (Wildman–Crippen LogP) is 1.13. The minimum Gasteiger partial charge on any atom is -0.355 e. The van der Waals surface area contributed by atoms with Crippen molar-refractivity contribution in [2.45, 2.75) is 37.3 Å². The van der Waals surface area contributed by atoms with Crippen molar-refractivity contribution >= 4 is 33.2 Å². The normalized spacial score (nSPS) is 21.9. The minimum atomic E-state index is -3.54. The third-order valence-electron chi connectivity index (χ3n) is 5.68. The Balaban J connectivity index is 1.59. The van der Waals surface area contributed by atoms with Crippen molar-refractivity contribution < 1.29 is 18.0 Å². The van der Waals surface area contributed by atoms with E-state index in [2.05, 4.69) is 10.2 Å². The molecule has 1 atom stereocenters. The van der Waals surface area contributed by atoms with Crippen molar-refractivity contribution in [3.05, 3.63) is 17.0 Å². The van der Waals surface area contributed by atoms with Gasteiger partial charge in [0.05, 0.1) is 12.5 Å². The average molecular weight is 457 g/mol. The molecule has 168 valence electrons. The van der Waals surface area contributed by atoms with Gasteiger partial charge in [-0.3, -0.25) is 14.5 Å². The molecule has 0 bridgehead atoms. The zero-order chi connectivity index (χ0) is 21.7. The number of nitrogens with one attached hydrogen (secondary N) is 1. The number of amides is 2. The lowest BCUT2D eigenvalue weighted by Crippen LogP contribution is -2.47. The van der Waals surface area contributed by atoms with Crippen LogP contribution in [0.25, 0.3) is 0 Å². The highest BCUT2D eigenvalue weighted by atomic mass is 32.2. The SMILES string of the molecule is CCNC(=O)CN1CCCN(C(=O)C2CCCN(S(=O)(=O)c3ccc(C)s3)C2)CC1. The van der Waals surface area contributed by atoms with Crippen LogP contribution in [0, 0.1) is 12.8 Å². The maximum absolute atomic E-state index is 13.2. The summed E-state index contributed by atoms with van der Waals surface area (Å²) >= 11 is 1.27. The first-order valence-electron chi connectivity index (χ1n) is 10.7. The summed E-state index contributed by atoms with van der Waals surface area (Å²) in [6, 6.07) is 3.47. The van der Waals surface area contributed by atoms with Crippen LogP contribution in [-0.4, -0.2) is 86.7 Å². The van der Waals surface area contributed by atoms with Crippen molar-refractivity contribution in [2.75, 3.05) is 52.4 Å². The summed E-state index contributed by atoms with van der Waals surface area (Å²) in [6.07, 6.45) is 2.22. The lowest BCUT2D eigenvalue weighted by atomic mass is 9.98. The summed E-state index contributed by atoms with van der Waals surface area (Å²) in [7, 11) is -3.54. The third-order valence-corrected chi connectivity index (χ3v) is 9.02. The van der Waals surface area contributed by atoms with Gasteiger partial charge < -0.3 is 10.2 Å². The summed E-state index contributed by atoms with van der Waals surface area (Å²) in [5, 5.41) is 2.81. The van der Waals surface area contributed by atoms with Crippen LogP contribution in [0.4, 0.5) is 0 Å².